The number of ether oxygens (including phenoxy) is 1. The van der Waals surface area contributed by atoms with Crippen LogP contribution in [-0.4, -0.2) is 17.3 Å². The number of aromatic nitrogens is 1. The van der Waals surface area contributed by atoms with Crippen molar-refractivity contribution in [3.05, 3.63) is 28.7 Å². The van der Waals surface area contributed by atoms with E-state index in [2.05, 4.69) is 0 Å². The zero-order valence-electron chi connectivity index (χ0n) is 9.49. The summed E-state index contributed by atoms with van der Waals surface area (Å²) in [5, 5.41) is 0. The normalized spacial score (nSPS) is 11.7. The van der Waals surface area contributed by atoms with Crippen LogP contribution in [0.15, 0.2) is 23.1 Å². The van der Waals surface area contributed by atoms with Gasteiger partial charge in [0.1, 0.15) is 0 Å². The molecule has 0 spiro atoms. The first-order chi connectivity index (χ1) is 6.96. The van der Waals surface area contributed by atoms with Crippen molar-refractivity contribution in [1.82, 2.24) is 4.57 Å². The van der Waals surface area contributed by atoms with Crippen molar-refractivity contribution in [2.75, 3.05) is 12.8 Å². The standard InChI is InChI=1S/C11H18N2O2/c1-11(2,15-3)6-8-13-7-4-5-9(12)10(13)14/h4-5,7H,6,8,12H2,1-3H3. The van der Waals surface area contributed by atoms with Crippen LogP contribution in [0.5, 0.6) is 0 Å². The number of hydrogen-bond donors (Lipinski definition) is 1. The highest BCUT2D eigenvalue weighted by Crippen LogP contribution is 2.13. The summed E-state index contributed by atoms with van der Waals surface area (Å²) in [4.78, 5) is 11.6. The fourth-order valence-corrected chi connectivity index (χ4v) is 1.22. The van der Waals surface area contributed by atoms with Crippen molar-refractivity contribution in [2.45, 2.75) is 32.4 Å². The Hall–Kier alpha value is -1.29. The largest absolute Gasteiger partial charge is 0.394 e. The third-order valence-electron chi connectivity index (χ3n) is 2.56. The van der Waals surface area contributed by atoms with Gasteiger partial charge in [0.2, 0.25) is 0 Å². The predicted octanol–water partition coefficient (Wildman–Crippen LogP) is 1.25. The van der Waals surface area contributed by atoms with Crippen molar-refractivity contribution in [1.29, 1.82) is 0 Å². The van der Waals surface area contributed by atoms with E-state index in [4.69, 9.17) is 10.5 Å². The Kier molecular flexibility index (Phi) is 3.52. The number of pyridine rings is 1. The number of rotatable bonds is 4. The van der Waals surface area contributed by atoms with Crippen LogP contribution in [-0.2, 0) is 11.3 Å². The van der Waals surface area contributed by atoms with Crippen LogP contribution in [0.1, 0.15) is 20.3 Å². The third-order valence-corrected chi connectivity index (χ3v) is 2.56. The van der Waals surface area contributed by atoms with Gasteiger partial charge in [-0.25, -0.2) is 0 Å². The molecular formula is C11H18N2O2. The maximum atomic E-state index is 11.6. The lowest BCUT2D eigenvalue weighted by atomic mass is 10.1. The van der Waals surface area contributed by atoms with E-state index in [1.54, 1.807) is 30.0 Å². The quantitative estimate of drug-likeness (QED) is 0.813. The number of nitrogens with zero attached hydrogens (tertiary/aromatic N) is 1. The number of aryl methyl sites for hydroxylation is 1. The molecule has 1 aromatic heterocycles. The van der Waals surface area contributed by atoms with Crippen LogP contribution in [0, 0.1) is 0 Å². The molecular weight excluding hydrogens is 192 g/mol. The molecule has 1 aromatic rings. The van der Waals surface area contributed by atoms with Crippen LogP contribution in [0.3, 0.4) is 0 Å². The Bertz CT molecular complexity index is 382. The molecule has 1 rings (SSSR count). The van der Waals surface area contributed by atoms with Crippen LogP contribution >= 0.6 is 0 Å². The highest BCUT2D eigenvalue weighted by Gasteiger charge is 2.16. The molecule has 2 N–H and O–H groups in total. The van der Waals surface area contributed by atoms with Gasteiger partial charge in [0, 0.05) is 19.9 Å². The molecule has 0 radical (unpaired) electrons. The topological polar surface area (TPSA) is 57.2 Å². The van der Waals surface area contributed by atoms with E-state index in [9.17, 15) is 4.79 Å². The molecule has 0 amide bonds. The summed E-state index contributed by atoms with van der Waals surface area (Å²) in [5.41, 5.74) is 5.46. The third kappa shape index (κ3) is 3.09. The molecule has 0 atom stereocenters. The molecule has 0 aromatic carbocycles. The molecule has 0 bridgehead atoms. The lowest BCUT2D eigenvalue weighted by Crippen LogP contribution is -2.28. The van der Waals surface area contributed by atoms with E-state index < -0.39 is 0 Å². The number of methoxy groups -OCH3 is 1. The highest BCUT2D eigenvalue weighted by atomic mass is 16.5. The molecule has 0 saturated heterocycles. The van der Waals surface area contributed by atoms with Crippen molar-refractivity contribution < 1.29 is 4.74 Å². The predicted molar refractivity (Wildman–Crippen MR) is 60.8 cm³/mol. The molecule has 1 heterocycles. The van der Waals surface area contributed by atoms with Gasteiger partial charge in [0.25, 0.3) is 5.56 Å². The summed E-state index contributed by atoms with van der Waals surface area (Å²) in [6.07, 6.45) is 2.51. The highest BCUT2D eigenvalue weighted by molar-refractivity contribution is 5.33. The molecule has 0 fully saturated rings. The fraction of sp³-hybridized carbons (Fsp3) is 0.545. The Morgan fingerprint density at radius 2 is 2.20 bits per heavy atom. The molecule has 4 heteroatoms. The Balaban J connectivity index is 2.75. The van der Waals surface area contributed by atoms with Crippen LogP contribution in [0.2, 0.25) is 0 Å². The minimum absolute atomic E-state index is 0.135. The first-order valence-electron chi connectivity index (χ1n) is 4.96. The monoisotopic (exact) mass is 210 g/mol. The summed E-state index contributed by atoms with van der Waals surface area (Å²) in [6.45, 7) is 4.60. The van der Waals surface area contributed by atoms with E-state index in [-0.39, 0.29) is 16.8 Å². The second-order valence-corrected chi connectivity index (χ2v) is 4.18. The van der Waals surface area contributed by atoms with Crippen molar-refractivity contribution >= 4 is 5.69 Å². The number of nitrogens with two attached hydrogens (primary N) is 1. The van der Waals surface area contributed by atoms with Gasteiger partial charge in [-0.05, 0) is 32.4 Å². The van der Waals surface area contributed by atoms with Gasteiger partial charge in [-0.3, -0.25) is 4.79 Å². The first-order valence-corrected chi connectivity index (χ1v) is 4.96. The van der Waals surface area contributed by atoms with Crippen LogP contribution < -0.4 is 11.3 Å². The number of anilines is 1. The maximum Gasteiger partial charge on any atom is 0.273 e. The molecule has 0 aliphatic rings. The van der Waals surface area contributed by atoms with Gasteiger partial charge >= 0.3 is 0 Å². The van der Waals surface area contributed by atoms with Gasteiger partial charge in [-0.1, -0.05) is 0 Å². The molecule has 0 unspecified atom stereocenters. The van der Waals surface area contributed by atoms with E-state index in [0.717, 1.165) is 6.42 Å². The minimum Gasteiger partial charge on any atom is -0.394 e. The van der Waals surface area contributed by atoms with Gasteiger partial charge in [-0.2, -0.15) is 0 Å². The second kappa shape index (κ2) is 4.49. The number of hydrogen-bond acceptors (Lipinski definition) is 3. The summed E-state index contributed by atoms with van der Waals surface area (Å²) >= 11 is 0. The van der Waals surface area contributed by atoms with Gasteiger partial charge in [-0.15, -0.1) is 0 Å². The average Bonchev–Trinajstić information content (AvgIpc) is 2.20. The molecule has 0 aliphatic heterocycles. The molecule has 0 saturated carbocycles. The van der Waals surface area contributed by atoms with E-state index in [0.29, 0.717) is 6.54 Å². The average molecular weight is 210 g/mol. The fourth-order valence-electron chi connectivity index (χ4n) is 1.22. The first kappa shape index (κ1) is 11.8. The molecule has 4 nitrogen and oxygen atoms in total. The van der Waals surface area contributed by atoms with Crippen molar-refractivity contribution in [3.63, 3.8) is 0 Å². The summed E-state index contributed by atoms with van der Waals surface area (Å²) in [6, 6.07) is 3.39. The lowest BCUT2D eigenvalue weighted by Gasteiger charge is -2.23. The van der Waals surface area contributed by atoms with Crippen molar-refractivity contribution in [2.24, 2.45) is 0 Å². The zero-order chi connectivity index (χ0) is 11.5. The number of nitrogen functional groups attached to an aromatic ring is 1. The lowest BCUT2D eigenvalue weighted by molar-refractivity contribution is 0.0118. The SMILES string of the molecule is COC(C)(C)CCn1cccc(N)c1=O. The maximum absolute atomic E-state index is 11.6. The Labute approximate surface area is 89.7 Å². The summed E-state index contributed by atoms with van der Waals surface area (Å²) in [5.74, 6) is 0. The Morgan fingerprint density at radius 1 is 1.53 bits per heavy atom. The van der Waals surface area contributed by atoms with Gasteiger partial charge in [0.05, 0.1) is 11.3 Å². The van der Waals surface area contributed by atoms with Gasteiger partial charge < -0.3 is 15.0 Å². The van der Waals surface area contributed by atoms with Crippen LogP contribution in [0.4, 0.5) is 5.69 Å². The molecule has 15 heavy (non-hydrogen) atoms. The van der Waals surface area contributed by atoms with E-state index in [1.807, 2.05) is 13.8 Å². The molecule has 84 valence electrons. The second-order valence-electron chi connectivity index (χ2n) is 4.18. The van der Waals surface area contributed by atoms with Gasteiger partial charge in [0.15, 0.2) is 0 Å². The van der Waals surface area contributed by atoms with E-state index >= 15 is 0 Å². The summed E-state index contributed by atoms with van der Waals surface area (Å²) < 4.78 is 6.89. The molecule has 0 aliphatic carbocycles. The summed E-state index contributed by atoms with van der Waals surface area (Å²) in [7, 11) is 1.67. The van der Waals surface area contributed by atoms with Crippen LogP contribution in [0.25, 0.3) is 0 Å². The van der Waals surface area contributed by atoms with Crippen molar-refractivity contribution in [3.8, 4) is 0 Å². The zero-order valence-corrected chi connectivity index (χ0v) is 9.49. The minimum atomic E-state index is -0.218. The smallest absolute Gasteiger partial charge is 0.273 e. The van der Waals surface area contributed by atoms with E-state index in [1.165, 1.54) is 0 Å². The Morgan fingerprint density at radius 3 is 2.80 bits per heavy atom.